The van der Waals surface area contributed by atoms with Crippen molar-refractivity contribution in [2.24, 2.45) is 0 Å². The van der Waals surface area contributed by atoms with Gasteiger partial charge in [0.15, 0.2) is 0 Å². The largest absolute Gasteiger partial charge is 0.490 e. The zero-order chi connectivity index (χ0) is 21.6. The monoisotopic (exact) mass is 441 g/mol. The molecule has 0 radical (unpaired) electrons. The van der Waals surface area contributed by atoms with Crippen LogP contribution >= 0.6 is 0 Å². The summed E-state index contributed by atoms with van der Waals surface area (Å²) in [4.78, 5) is 6.87. The molecule has 3 heterocycles. The van der Waals surface area contributed by atoms with Crippen molar-refractivity contribution in [1.82, 2.24) is 14.1 Å². The van der Waals surface area contributed by atoms with Gasteiger partial charge in [-0.2, -0.15) is 17.6 Å². The number of benzene rings is 2. The summed E-state index contributed by atoms with van der Waals surface area (Å²) in [5.74, 6) is 0.584. The van der Waals surface area contributed by atoms with E-state index < -0.39 is 10.0 Å². The lowest BCUT2D eigenvalue weighted by atomic mass is 10.2. The van der Waals surface area contributed by atoms with Gasteiger partial charge in [-0.3, -0.25) is 0 Å². The predicted octanol–water partition coefficient (Wildman–Crippen LogP) is 2.24. The highest BCUT2D eigenvalue weighted by Crippen LogP contribution is 2.34. The summed E-state index contributed by atoms with van der Waals surface area (Å²) < 4.78 is 33.8. The topological polar surface area (TPSA) is 70.9 Å². The number of likely N-dealkylation sites (N-methyl/N-ethyl adjacent to an activating group) is 2. The van der Waals surface area contributed by atoms with Crippen molar-refractivity contribution >= 4 is 32.3 Å². The van der Waals surface area contributed by atoms with Gasteiger partial charge in [0.05, 0.1) is 28.8 Å². The molecule has 31 heavy (non-hydrogen) atoms. The molecule has 9 heteroatoms. The van der Waals surface area contributed by atoms with E-state index >= 15 is 0 Å². The highest BCUT2D eigenvalue weighted by Gasteiger charge is 2.25. The quantitative estimate of drug-likeness (QED) is 0.617. The Labute approximate surface area is 182 Å². The van der Waals surface area contributed by atoms with E-state index in [9.17, 15) is 8.42 Å². The van der Waals surface area contributed by atoms with Crippen molar-refractivity contribution in [3.63, 3.8) is 0 Å². The van der Waals surface area contributed by atoms with Gasteiger partial charge in [-0.05, 0) is 50.3 Å². The second-order valence-corrected chi connectivity index (χ2v) is 10.0. The summed E-state index contributed by atoms with van der Waals surface area (Å²) in [7, 11) is 0.248. The summed E-state index contributed by atoms with van der Waals surface area (Å²) in [5.41, 5.74) is 2.50. The Kier molecular flexibility index (Phi) is 5.02. The smallest absolute Gasteiger partial charge is 0.283 e. The van der Waals surface area contributed by atoms with Gasteiger partial charge >= 0.3 is 0 Å². The van der Waals surface area contributed by atoms with Crippen molar-refractivity contribution in [3.8, 4) is 5.75 Å². The Hall–Kier alpha value is -2.78. The molecular formula is C22H27N5O3S. The Balaban J connectivity index is 1.53. The first-order valence-electron chi connectivity index (χ1n) is 10.6. The molecule has 0 bridgehead atoms. The fourth-order valence-electron chi connectivity index (χ4n) is 4.28. The van der Waals surface area contributed by atoms with Crippen LogP contribution in [-0.4, -0.2) is 75.9 Å². The van der Waals surface area contributed by atoms with Crippen molar-refractivity contribution in [2.75, 3.05) is 63.2 Å². The van der Waals surface area contributed by atoms with Crippen LogP contribution in [0.1, 0.15) is 6.42 Å². The fraction of sp³-hybridized carbons (Fsp3) is 0.409. The molecule has 3 aromatic rings. The summed E-state index contributed by atoms with van der Waals surface area (Å²) in [6, 6.07) is 11.0. The molecule has 2 aliphatic rings. The van der Waals surface area contributed by atoms with Crippen molar-refractivity contribution < 1.29 is 13.2 Å². The van der Waals surface area contributed by atoms with Crippen LogP contribution in [0.3, 0.4) is 0 Å². The SMILES string of the molecule is CN1CCCN(c2ccc3cnn(S(=O)(=O)c4ccc5c(c4)OCCN5C)c3c2)CC1. The van der Waals surface area contributed by atoms with E-state index in [0.717, 1.165) is 60.0 Å². The van der Waals surface area contributed by atoms with Crippen LogP contribution in [0.2, 0.25) is 0 Å². The average molecular weight is 442 g/mol. The second kappa shape index (κ2) is 7.72. The third-order valence-electron chi connectivity index (χ3n) is 6.16. The van der Waals surface area contributed by atoms with E-state index in [4.69, 9.17) is 4.74 Å². The molecule has 0 atom stereocenters. The number of hydrogen-bond acceptors (Lipinski definition) is 7. The molecule has 0 aliphatic carbocycles. The molecule has 2 aromatic carbocycles. The maximum Gasteiger partial charge on any atom is 0.283 e. The van der Waals surface area contributed by atoms with Gasteiger partial charge < -0.3 is 19.4 Å². The van der Waals surface area contributed by atoms with Crippen LogP contribution in [0.15, 0.2) is 47.5 Å². The van der Waals surface area contributed by atoms with E-state index in [1.807, 2.05) is 19.2 Å². The van der Waals surface area contributed by atoms with Crippen LogP contribution in [0.25, 0.3) is 10.9 Å². The number of rotatable bonds is 3. The molecular weight excluding hydrogens is 414 g/mol. The number of nitrogens with zero attached hydrogens (tertiary/aromatic N) is 5. The Morgan fingerprint density at radius 1 is 0.968 bits per heavy atom. The van der Waals surface area contributed by atoms with Gasteiger partial charge in [0.1, 0.15) is 12.4 Å². The molecule has 2 aliphatic heterocycles. The van der Waals surface area contributed by atoms with E-state index in [1.54, 1.807) is 24.4 Å². The molecule has 0 N–H and O–H groups in total. The Bertz CT molecular complexity index is 1220. The third-order valence-corrected chi connectivity index (χ3v) is 7.75. The number of aromatic nitrogens is 2. The molecule has 8 nitrogen and oxygen atoms in total. The zero-order valence-electron chi connectivity index (χ0n) is 17.9. The van der Waals surface area contributed by atoms with Gasteiger partial charge in [0, 0.05) is 43.8 Å². The standard InChI is InChI=1S/C22H27N5O3S/c1-24-8-3-9-26(11-10-24)18-5-4-17-16-23-27(21(17)14-18)31(28,29)19-6-7-20-22(15-19)30-13-12-25(20)2/h4-7,14-16H,3,8-13H2,1-2H3. The summed E-state index contributed by atoms with van der Waals surface area (Å²) in [6.07, 6.45) is 2.69. The van der Waals surface area contributed by atoms with Crippen LogP contribution in [0.4, 0.5) is 11.4 Å². The first-order valence-corrected chi connectivity index (χ1v) is 12.0. The molecule has 1 fully saturated rings. The fourth-order valence-corrected chi connectivity index (χ4v) is 5.56. The highest BCUT2D eigenvalue weighted by molar-refractivity contribution is 7.90. The first kappa shape index (κ1) is 20.1. The molecule has 0 amide bonds. The van der Waals surface area contributed by atoms with Gasteiger partial charge in [-0.25, -0.2) is 0 Å². The lowest BCUT2D eigenvalue weighted by molar-refractivity contribution is 0.310. The maximum absolute atomic E-state index is 13.5. The Morgan fingerprint density at radius 3 is 2.71 bits per heavy atom. The normalized spacial score (nSPS) is 18.0. The number of hydrogen-bond donors (Lipinski definition) is 0. The molecule has 164 valence electrons. The van der Waals surface area contributed by atoms with Gasteiger partial charge in [-0.15, -0.1) is 0 Å². The van der Waals surface area contributed by atoms with Gasteiger partial charge in [0.2, 0.25) is 0 Å². The summed E-state index contributed by atoms with van der Waals surface area (Å²) in [6.45, 7) is 5.23. The lowest BCUT2D eigenvalue weighted by Crippen LogP contribution is -2.29. The highest BCUT2D eigenvalue weighted by atomic mass is 32.2. The molecule has 1 aromatic heterocycles. The van der Waals surface area contributed by atoms with E-state index in [1.165, 1.54) is 0 Å². The number of anilines is 2. The molecule has 1 saturated heterocycles. The molecule has 0 unspecified atom stereocenters. The van der Waals surface area contributed by atoms with Gasteiger partial charge in [0.25, 0.3) is 10.0 Å². The Morgan fingerprint density at radius 2 is 1.84 bits per heavy atom. The molecule has 5 rings (SSSR count). The third kappa shape index (κ3) is 3.61. The zero-order valence-corrected chi connectivity index (χ0v) is 18.7. The first-order chi connectivity index (χ1) is 14.9. The molecule has 0 saturated carbocycles. The number of fused-ring (bicyclic) bond motifs is 2. The summed E-state index contributed by atoms with van der Waals surface area (Å²) in [5, 5.41) is 5.04. The summed E-state index contributed by atoms with van der Waals surface area (Å²) >= 11 is 0. The van der Waals surface area contributed by atoms with Crippen molar-refractivity contribution in [1.29, 1.82) is 0 Å². The van der Waals surface area contributed by atoms with Crippen LogP contribution in [0.5, 0.6) is 5.75 Å². The minimum atomic E-state index is -3.86. The van der Waals surface area contributed by atoms with E-state index in [-0.39, 0.29) is 4.90 Å². The minimum Gasteiger partial charge on any atom is -0.490 e. The van der Waals surface area contributed by atoms with E-state index in [0.29, 0.717) is 17.9 Å². The maximum atomic E-state index is 13.5. The second-order valence-electron chi connectivity index (χ2n) is 8.28. The molecule has 0 spiro atoms. The van der Waals surface area contributed by atoms with Crippen molar-refractivity contribution in [3.05, 3.63) is 42.6 Å². The van der Waals surface area contributed by atoms with Gasteiger partial charge in [-0.1, -0.05) is 0 Å². The minimum absolute atomic E-state index is 0.174. The lowest BCUT2D eigenvalue weighted by Gasteiger charge is -2.27. The van der Waals surface area contributed by atoms with Crippen LogP contribution in [0, 0.1) is 0 Å². The van der Waals surface area contributed by atoms with Crippen LogP contribution in [-0.2, 0) is 10.0 Å². The van der Waals surface area contributed by atoms with Crippen LogP contribution < -0.4 is 14.5 Å². The van der Waals surface area contributed by atoms with Crippen molar-refractivity contribution in [2.45, 2.75) is 11.3 Å². The number of ether oxygens (including phenoxy) is 1. The average Bonchev–Trinajstić information content (AvgIpc) is 3.08. The van der Waals surface area contributed by atoms with E-state index in [2.05, 4.69) is 32.9 Å². The predicted molar refractivity (Wildman–Crippen MR) is 122 cm³/mol.